The number of aryl methyl sites for hydroxylation is 1. The molecule has 0 bridgehead atoms. The number of imidazole rings is 1. The highest BCUT2D eigenvalue weighted by atomic mass is 35.5. The largest absolute Gasteiger partial charge is 0.376 e. The minimum atomic E-state index is -0.297. The molecule has 0 saturated carbocycles. The van der Waals surface area contributed by atoms with Crippen LogP contribution >= 0.6 is 11.6 Å². The first-order valence-electron chi connectivity index (χ1n) is 11.4. The predicted octanol–water partition coefficient (Wildman–Crippen LogP) is 5.85. The van der Waals surface area contributed by atoms with Crippen molar-refractivity contribution in [3.05, 3.63) is 95.0 Å². The Morgan fingerprint density at radius 1 is 1.03 bits per heavy atom. The molecule has 1 amide bonds. The number of nitrogens with zero attached hydrogens (tertiary/aromatic N) is 3. The molecule has 178 valence electrons. The van der Waals surface area contributed by atoms with Gasteiger partial charge in [0.25, 0.3) is 0 Å². The molecular formula is C27H25ClFN5O. The van der Waals surface area contributed by atoms with Crippen LogP contribution in [0.25, 0.3) is 11.3 Å². The van der Waals surface area contributed by atoms with Crippen LogP contribution in [0.2, 0.25) is 5.02 Å². The van der Waals surface area contributed by atoms with E-state index in [1.54, 1.807) is 29.2 Å². The van der Waals surface area contributed by atoms with Crippen LogP contribution in [0, 0.1) is 12.7 Å². The molecule has 2 heterocycles. The van der Waals surface area contributed by atoms with Crippen molar-refractivity contribution < 1.29 is 9.18 Å². The summed E-state index contributed by atoms with van der Waals surface area (Å²) in [6, 6.07) is 21.7. The third-order valence-corrected chi connectivity index (χ3v) is 6.26. The fourth-order valence-electron chi connectivity index (χ4n) is 4.14. The molecule has 1 aliphatic heterocycles. The number of amides is 1. The molecule has 0 aliphatic carbocycles. The molecule has 1 aliphatic rings. The number of fused-ring (bicyclic) bond motifs is 1. The average molecular weight is 490 g/mol. The minimum Gasteiger partial charge on any atom is -0.376 e. The zero-order valence-electron chi connectivity index (χ0n) is 19.3. The second kappa shape index (κ2) is 9.80. The molecule has 35 heavy (non-hydrogen) atoms. The lowest BCUT2D eigenvalue weighted by molar-refractivity contribution is -0.130. The van der Waals surface area contributed by atoms with E-state index in [-0.39, 0.29) is 18.3 Å². The normalized spacial score (nSPS) is 12.8. The Morgan fingerprint density at radius 3 is 2.54 bits per heavy atom. The zero-order chi connectivity index (χ0) is 24.4. The second-order valence-electron chi connectivity index (χ2n) is 8.55. The van der Waals surface area contributed by atoms with Crippen LogP contribution in [-0.4, -0.2) is 33.4 Å². The number of rotatable bonds is 6. The fraction of sp³-hybridized carbons (Fsp3) is 0.185. The van der Waals surface area contributed by atoms with E-state index in [4.69, 9.17) is 16.6 Å². The maximum Gasteiger partial charge on any atom is 0.242 e. The molecule has 0 atom stereocenters. The van der Waals surface area contributed by atoms with E-state index in [0.29, 0.717) is 24.7 Å². The number of hydrogen-bond donors (Lipinski definition) is 2. The second-order valence-corrected chi connectivity index (χ2v) is 8.99. The average Bonchev–Trinajstić information content (AvgIpc) is 3.22. The Morgan fingerprint density at radius 2 is 1.80 bits per heavy atom. The standard InChI is InChI=1S/C27H25ClFN5O/c1-18-5-11-22(12-6-18)31-27-26(19-7-9-21(29)10-8-19)32-24-17-33(13-14-34(24)27)25(35)16-30-23-4-2-3-20(28)15-23/h2-12,15,30-31H,13-14,16-17H2,1H3. The minimum absolute atomic E-state index is 0.0180. The molecule has 4 aromatic rings. The van der Waals surface area contributed by atoms with Crippen LogP contribution in [0.1, 0.15) is 11.4 Å². The van der Waals surface area contributed by atoms with E-state index in [2.05, 4.69) is 15.2 Å². The zero-order valence-corrected chi connectivity index (χ0v) is 20.0. The van der Waals surface area contributed by atoms with Gasteiger partial charge in [-0.15, -0.1) is 0 Å². The smallest absolute Gasteiger partial charge is 0.242 e. The van der Waals surface area contributed by atoms with Crippen LogP contribution in [0.5, 0.6) is 0 Å². The predicted molar refractivity (Wildman–Crippen MR) is 137 cm³/mol. The molecule has 2 N–H and O–H groups in total. The lowest BCUT2D eigenvalue weighted by atomic mass is 10.1. The molecule has 0 spiro atoms. The third kappa shape index (κ3) is 5.15. The molecular weight excluding hydrogens is 465 g/mol. The van der Waals surface area contributed by atoms with Gasteiger partial charge in [0.1, 0.15) is 23.2 Å². The number of anilines is 3. The number of aromatic nitrogens is 2. The summed E-state index contributed by atoms with van der Waals surface area (Å²) >= 11 is 6.03. The Balaban J connectivity index is 1.39. The molecule has 8 heteroatoms. The number of hydrogen-bond acceptors (Lipinski definition) is 4. The summed E-state index contributed by atoms with van der Waals surface area (Å²) in [6.07, 6.45) is 0. The van der Waals surface area contributed by atoms with E-state index >= 15 is 0 Å². The van der Waals surface area contributed by atoms with Crippen molar-refractivity contribution in [2.75, 3.05) is 23.7 Å². The maximum atomic E-state index is 13.6. The van der Waals surface area contributed by atoms with Crippen LogP contribution in [0.4, 0.5) is 21.6 Å². The molecule has 0 fully saturated rings. The van der Waals surface area contributed by atoms with Crippen molar-refractivity contribution in [3.8, 4) is 11.3 Å². The number of benzene rings is 3. The quantitative estimate of drug-likeness (QED) is 0.356. The van der Waals surface area contributed by atoms with Gasteiger partial charge in [-0.1, -0.05) is 35.4 Å². The van der Waals surface area contributed by atoms with Gasteiger partial charge in [0.15, 0.2) is 0 Å². The van der Waals surface area contributed by atoms with Crippen molar-refractivity contribution in [1.82, 2.24) is 14.5 Å². The van der Waals surface area contributed by atoms with E-state index in [1.807, 2.05) is 43.3 Å². The van der Waals surface area contributed by atoms with Crippen LogP contribution in [0.3, 0.4) is 0 Å². The lowest BCUT2D eigenvalue weighted by Crippen LogP contribution is -2.41. The summed E-state index contributed by atoms with van der Waals surface area (Å²) in [6.45, 7) is 3.76. The molecule has 1 aromatic heterocycles. The van der Waals surface area contributed by atoms with E-state index in [1.165, 1.54) is 17.7 Å². The summed E-state index contributed by atoms with van der Waals surface area (Å²) in [5.41, 5.74) is 4.44. The van der Waals surface area contributed by atoms with Crippen LogP contribution in [-0.2, 0) is 17.9 Å². The van der Waals surface area contributed by atoms with E-state index in [9.17, 15) is 9.18 Å². The van der Waals surface area contributed by atoms with Gasteiger partial charge in [0.05, 0.1) is 13.1 Å². The van der Waals surface area contributed by atoms with Gasteiger partial charge in [0, 0.05) is 35.1 Å². The van der Waals surface area contributed by atoms with Gasteiger partial charge in [-0.25, -0.2) is 9.37 Å². The van der Waals surface area contributed by atoms with Gasteiger partial charge in [-0.3, -0.25) is 4.79 Å². The summed E-state index contributed by atoms with van der Waals surface area (Å²) < 4.78 is 15.7. The molecule has 0 radical (unpaired) electrons. The Bertz CT molecular complexity index is 1350. The first-order chi connectivity index (χ1) is 17.0. The maximum absolute atomic E-state index is 13.6. The number of halogens is 2. The van der Waals surface area contributed by atoms with Gasteiger partial charge >= 0.3 is 0 Å². The summed E-state index contributed by atoms with van der Waals surface area (Å²) in [4.78, 5) is 19.6. The summed E-state index contributed by atoms with van der Waals surface area (Å²) in [7, 11) is 0. The van der Waals surface area contributed by atoms with Gasteiger partial charge < -0.3 is 20.1 Å². The third-order valence-electron chi connectivity index (χ3n) is 6.03. The van der Waals surface area contributed by atoms with Crippen LogP contribution < -0.4 is 10.6 Å². The van der Waals surface area contributed by atoms with Crippen molar-refractivity contribution in [2.24, 2.45) is 0 Å². The van der Waals surface area contributed by atoms with Gasteiger partial charge in [-0.2, -0.15) is 0 Å². The molecule has 0 saturated heterocycles. The number of carbonyl (C=O) groups excluding carboxylic acids is 1. The summed E-state index contributed by atoms with van der Waals surface area (Å²) in [5, 5.41) is 7.25. The lowest BCUT2D eigenvalue weighted by Gasteiger charge is -2.29. The highest BCUT2D eigenvalue weighted by molar-refractivity contribution is 6.30. The topological polar surface area (TPSA) is 62.2 Å². The number of carbonyl (C=O) groups is 1. The van der Waals surface area contributed by atoms with Gasteiger partial charge in [-0.05, 0) is 61.5 Å². The van der Waals surface area contributed by atoms with Crippen molar-refractivity contribution in [3.63, 3.8) is 0 Å². The van der Waals surface area contributed by atoms with Crippen molar-refractivity contribution in [1.29, 1.82) is 0 Å². The first-order valence-corrected chi connectivity index (χ1v) is 11.8. The highest BCUT2D eigenvalue weighted by Gasteiger charge is 2.27. The highest BCUT2D eigenvalue weighted by Crippen LogP contribution is 2.33. The molecule has 0 unspecified atom stereocenters. The van der Waals surface area contributed by atoms with E-state index < -0.39 is 0 Å². The first kappa shape index (κ1) is 22.9. The van der Waals surface area contributed by atoms with Crippen molar-refractivity contribution in [2.45, 2.75) is 20.0 Å². The summed E-state index contributed by atoms with van der Waals surface area (Å²) in [5.74, 6) is 1.30. The Labute approximate surface area is 208 Å². The fourth-order valence-corrected chi connectivity index (χ4v) is 4.33. The van der Waals surface area contributed by atoms with Crippen molar-refractivity contribution >= 4 is 34.7 Å². The molecule has 6 nitrogen and oxygen atoms in total. The van der Waals surface area contributed by atoms with Crippen LogP contribution in [0.15, 0.2) is 72.8 Å². The molecule has 5 rings (SSSR count). The van der Waals surface area contributed by atoms with E-state index in [0.717, 1.165) is 34.3 Å². The van der Waals surface area contributed by atoms with Gasteiger partial charge in [0.2, 0.25) is 5.91 Å². The number of nitrogens with one attached hydrogen (secondary N) is 2. The Hall–Kier alpha value is -3.84. The monoisotopic (exact) mass is 489 g/mol. The SMILES string of the molecule is Cc1ccc(Nc2c(-c3ccc(F)cc3)nc3n2CCN(C(=O)CNc2cccc(Cl)c2)C3)cc1. The Kier molecular flexibility index (Phi) is 6.42. The molecule has 3 aromatic carbocycles.